The van der Waals surface area contributed by atoms with E-state index in [9.17, 15) is 19.7 Å². The number of nitrogens with zero attached hydrogens (tertiary/aromatic N) is 2. The van der Waals surface area contributed by atoms with Gasteiger partial charge in [-0.2, -0.15) is 0 Å². The molecule has 0 saturated carbocycles. The minimum Gasteiger partial charge on any atom is -0.313 e. The fourth-order valence-corrected chi connectivity index (χ4v) is 3.19. The summed E-state index contributed by atoms with van der Waals surface area (Å²) in [5, 5.41) is 14.2. The molecule has 0 spiro atoms. The molecule has 1 N–H and O–H groups in total. The second kappa shape index (κ2) is 8.28. The first-order valence-electron chi connectivity index (χ1n) is 8.58. The third-order valence-corrected chi connectivity index (χ3v) is 4.72. The maximum atomic E-state index is 12.3. The van der Waals surface area contributed by atoms with E-state index in [1.165, 1.54) is 17.0 Å². The van der Waals surface area contributed by atoms with Crippen LogP contribution in [0.1, 0.15) is 39.1 Å². The molecular formula is C19H18ClN3O4. The lowest BCUT2D eigenvalue weighted by Crippen LogP contribution is -2.31. The van der Waals surface area contributed by atoms with Gasteiger partial charge in [0, 0.05) is 19.2 Å². The van der Waals surface area contributed by atoms with E-state index in [4.69, 9.17) is 11.6 Å². The van der Waals surface area contributed by atoms with E-state index in [2.05, 4.69) is 5.32 Å². The number of benzene rings is 2. The summed E-state index contributed by atoms with van der Waals surface area (Å²) < 4.78 is 0. The number of nitro groups is 1. The maximum absolute atomic E-state index is 12.3. The number of halogens is 1. The van der Waals surface area contributed by atoms with Crippen LogP contribution in [0.5, 0.6) is 0 Å². The topological polar surface area (TPSA) is 92.6 Å². The Morgan fingerprint density at radius 1 is 1.04 bits per heavy atom. The SMILES string of the molecule is O=C1c2ccccc2C(=O)N1CCCCNCc1ccc(Cl)c([N+](=O)[O-])c1. The van der Waals surface area contributed by atoms with Crippen molar-refractivity contribution in [2.45, 2.75) is 19.4 Å². The van der Waals surface area contributed by atoms with Gasteiger partial charge in [0.05, 0.1) is 16.1 Å². The van der Waals surface area contributed by atoms with Crippen LogP contribution in [0.15, 0.2) is 42.5 Å². The fourth-order valence-electron chi connectivity index (χ4n) is 3.00. The minimum absolute atomic E-state index is 0.110. The quantitative estimate of drug-likeness (QED) is 0.324. The van der Waals surface area contributed by atoms with Crippen molar-refractivity contribution in [2.24, 2.45) is 0 Å². The molecule has 3 rings (SSSR count). The Morgan fingerprint density at radius 3 is 2.33 bits per heavy atom. The Bertz CT molecular complexity index is 865. The summed E-state index contributed by atoms with van der Waals surface area (Å²) in [6.45, 7) is 1.52. The Balaban J connectivity index is 1.42. The number of carbonyl (C=O) groups excluding carboxylic acids is 2. The predicted molar refractivity (Wildman–Crippen MR) is 101 cm³/mol. The molecule has 0 atom stereocenters. The van der Waals surface area contributed by atoms with Crippen LogP contribution in [0.2, 0.25) is 5.02 Å². The summed E-state index contributed by atoms with van der Waals surface area (Å²) in [6.07, 6.45) is 1.45. The standard InChI is InChI=1S/C19H18ClN3O4/c20-16-8-7-13(11-17(16)23(26)27)12-21-9-3-4-10-22-18(24)14-5-1-2-6-15(14)19(22)25/h1-2,5-8,11,21H,3-4,9-10,12H2. The Hall–Kier alpha value is -2.77. The number of unbranched alkanes of at least 4 members (excludes halogenated alkanes) is 1. The van der Waals surface area contributed by atoms with Gasteiger partial charge in [-0.1, -0.05) is 29.8 Å². The molecule has 8 heteroatoms. The molecule has 7 nitrogen and oxygen atoms in total. The first-order valence-corrected chi connectivity index (χ1v) is 8.95. The molecule has 140 valence electrons. The molecule has 0 bridgehead atoms. The number of carbonyl (C=O) groups is 2. The van der Waals surface area contributed by atoms with Gasteiger partial charge in [-0.25, -0.2) is 0 Å². The zero-order valence-corrected chi connectivity index (χ0v) is 15.2. The number of hydrogen-bond acceptors (Lipinski definition) is 5. The normalized spacial score (nSPS) is 13.1. The predicted octanol–water partition coefficient (Wildman–Crippen LogP) is 3.41. The molecule has 2 amide bonds. The molecule has 1 aliphatic heterocycles. The maximum Gasteiger partial charge on any atom is 0.288 e. The van der Waals surface area contributed by atoms with Crippen LogP contribution in [-0.4, -0.2) is 34.7 Å². The van der Waals surface area contributed by atoms with Crippen LogP contribution in [0.4, 0.5) is 5.69 Å². The summed E-state index contributed by atoms with van der Waals surface area (Å²) in [5.74, 6) is -0.478. The number of nitrogens with one attached hydrogen (secondary N) is 1. The molecule has 2 aromatic rings. The van der Waals surface area contributed by atoms with Crippen molar-refractivity contribution in [1.29, 1.82) is 0 Å². The van der Waals surface area contributed by atoms with Gasteiger partial charge >= 0.3 is 0 Å². The average Bonchev–Trinajstić information content (AvgIpc) is 2.90. The summed E-state index contributed by atoms with van der Waals surface area (Å²) in [4.78, 5) is 36.2. The van der Waals surface area contributed by atoms with Gasteiger partial charge in [0.25, 0.3) is 17.5 Å². The van der Waals surface area contributed by atoms with E-state index in [-0.39, 0.29) is 22.5 Å². The monoisotopic (exact) mass is 387 g/mol. The summed E-state index contributed by atoms with van der Waals surface area (Å²) in [5.41, 5.74) is 1.59. The number of nitro benzene ring substituents is 1. The second-order valence-electron chi connectivity index (χ2n) is 6.23. The fraction of sp³-hybridized carbons (Fsp3) is 0.263. The zero-order valence-electron chi connectivity index (χ0n) is 14.5. The summed E-state index contributed by atoms with van der Waals surface area (Å²) in [7, 11) is 0. The number of imide groups is 1. The molecule has 1 aliphatic rings. The Kier molecular flexibility index (Phi) is 5.83. The van der Waals surface area contributed by atoms with Gasteiger partial charge in [-0.15, -0.1) is 0 Å². The highest BCUT2D eigenvalue weighted by molar-refractivity contribution is 6.32. The van der Waals surface area contributed by atoms with E-state index in [0.717, 1.165) is 12.0 Å². The van der Waals surface area contributed by atoms with Crippen LogP contribution < -0.4 is 5.32 Å². The summed E-state index contributed by atoms with van der Waals surface area (Å²) >= 11 is 5.79. The molecular weight excluding hydrogens is 370 g/mol. The van der Waals surface area contributed by atoms with Crippen molar-refractivity contribution < 1.29 is 14.5 Å². The minimum atomic E-state index is -0.506. The van der Waals surface area contributed by atoms with Crippen molar-refractivity contribution in [3.05, 3.63) is 74.3 Å². The van der Waals surface area contributed by atoms with E-state index < -0.39 is 4.92 Å². The van der Waals surface area contributed by atoms with E-state index >= 15 is 0 Å². The first-order chi connectivity index (χ1) is 13.0. The Labute approximate surface area is 161 Å². The first kappa shape index (κ1) is 19.0. The van der Waals surface area contributed by atoms with Crippen molar-refractivity contribution in [3.8, 4) is 0 Å². The van der Waals surface area contributed by atoms with Crippen LogP contribution >= 0.6 is 11.6 Å². The number of fused-ring (bicyclic) bond motifs is 1. The van der Waals surface area contributed by atoms with Gasteiger partial charge in [0.2, 0.25) is 0 Å². The van der Waals surface area contributed by atoms with Crippen molar-refractivity contribution in [1.82, 2.24) is 10.2 Å². The third kappa shape index (κ3) is 4.15. The molecule has 0 aliphatic carbocycles. The molecule has 1 heterocycles. The number of amides is 2. The highest BCUT2D eigenvalue weighted by atomic mass is 35.5. The number of rotatable bonds is 8. The van der Waals surface area contributed by atoms with E-state index in [0.29, 0.717) is 37.2 Å². The zero-order chi connectivity index (χ0) is 19.4. The molecule has 0 radical (unpaired) electrons. The van der Waals surface area contributed by atoms with Crippen LogP contribution in [0, 0.1) is 10.1 Å². The average molecular weight is 388 g/mol. The van der Waals surface area contributed by atoms with Crippen LogP contribution in [-0.2, 0) is 6.54 Å². The van der Waals surface area contributed by atoms with E-state index in [1.807, 2.05) is 0 Å². The van der Waals surface area contributed by atoms with Crippen molar-refractivity contribution in [3.63, 3.8) is 0 Å². The molecule has 0 aromatic heterocycles. The third-order valence-electron chi connectivity index (χ3n) is 4.40. The van der Waals surface area contributed by atoms with Crippen LogP contribution in [0.25, 0.3) is 0 Å². The van der Waals surface area contributed by atoms with Gasteiger partial charge < -0.3 is 5.32 Å². The van der Waals surface area contributed by atoms with Gasteiger partial charge in [-0.3, -0.25) is 24.6 Å². The molecule has 2 aromatic carbocycles. The van der Waals surface area contributed by atoms with Crippen molar-refractivity contribution in [2.75, 3.05) is 13.1 Å². The molecule has 27 heavy (non-hydrogen) atoms. The largest absolute Gasteiger partial charge is 0.313 e. The van der Waals surface area contributed by atoms with E-state index in [1.54, 1.807) is 30.3 Å². The molecule has 0 fully saturated rings. The van der Waals surface area contributed by atoms with Crippen LogP contribution in [0.3, 0.4) is 0 Å². The lowest BCUT2D eigenvalue weighted by Gasteiger charge is -2.13. The van der Waals surface area contributed by atoms with Crippen molar-refractivity contribution >= 4 is 29.1 Å². The lowest BCUT2D eigenvalue weighted by molar-refractivity contribution is -0.384. The molecule has 0 unspecified atom stereocenters. The van der Waals surface area contributed by atoms with Gasteiger partial charge in [-0.05, 0) is 43.1 Å². The Morgan fingerprint density at radius 2 is 1.70 bits per heavy atom. The molecule has 0 saturated heterocycles. The number of hydrogen-bond donors (Lipinski definition) is 1. The second-order valence-corrected chi connectivity index (χ2v) is 6.64. The highest BCUT2D eigenvalue weighted by Gasteiger charge is 2.34. The van der Waals surface area contributed by atoms with Gasteiger partial charge in [0.1, 0.15) is 5.02 Å². The highest BCUT2D eigenvalue weighted by Crippen LogP contribution is 2.25. The van der Waals surface area contributed by atoms with Gasteiger partial charge in [0.15, 0.2) is 0 Å². The summed E-state index contributed by atoms with van der Waals surface area (Å²) in [6, 6.07) is 11.5. The smallest absolute Gasteiger partial charge is 0.288 e. The lowest BCUT2D eigenvalue weighted by atomic mass is 10.1.